The first-order chi connectivity index (χ1) is 12.2. The summed E-state index contributed by atoms with van der Waals surface area (Å²) in [5.74, 6) is -0.926. The van der Waals surface area contributed by atoms with Crippen LogP contribution in [0.15, 0.2) is 24.3 Å². The lowest BCUT2D eigenvalue weighted by molar-refractivity contribution is 0.0211. The van der Waals surface area contributed by atoms with Crippen molar-refractivity contribution in [2.24, 2.45) is 0 Å². The molecule has 1 heterocycles. The fourth-order valence-corrected chi connectivity index (χ4v) is 3.26. The zero-order chi connectivity index (χ0) is 19.3. The molecule has 0 spiro atoms. The van der Waals surface area contributed by atoms with E-state index in [1.54, 1.807) is 17.0 Å². The monoisotopic (exact) mass is 362 g/mol. The normalized spacial score (nSPS) is 17.9. The molecule has 1 saturated heterocycles. The minimum Gasteiger partial charge on any atom is -0.478 e. The van der Waals surface area contributed by atoms with Crippen molar-refractivity contribution in [2.45, 2.75) is 58.6 Å². The number of carbonyl (C=O) groups is 2. The summed E-state index contributed by atoms with van der Waals surface area (Å²) in [4.78, 5) is 27.9. The van der Waals surface area contributed by atoms with Crippen LogP contribution in [-0.2, 0) is 4.74 Å². The summed E-state index contributed by atoms with van der Waals surface area (Å²) in [6.45, 7) is 9.37. The maximum Gasteiger partial charge on any atom is 0.410 e. The average Bonchev–Trinajstić information content (AvgIpc) is 2.58. The third-order valence-corrected chi connectivity index (χ3v) is 4.47. The second kappa shape index (κ2) is 8.43. The number of carbonyl (C=O) groups excluding carboxylic acids is 1. The molecular formula is C20H30N2O4. The van der Waals surface area contributed by atoms with Gasteiger partial charge in [0, 0.05) is 25.7 Å². The largest absolute Gasteiger partial charge is 0.478 e. The van der Waals surface area contributed by atoms with Crippen LogP contribution in [0, 0.1) is 0 Å². The van der Waals surface area contributed by atoms with Gasteiger partial charge in [0.15, 0.2) is 0 Å². The van der Waals surface area contributed by atoms with Gasteiger partial charge < -0.3 is 19.6 Å². The lowest BCUT2D eigenvalue weighted by Gasteiger charge is -2.43. The Balaban J connectivity index is 2.21. The van der Waals surface area contributed by atoms with Gasteiger partial charge in [-0.05, 0) is 39.3 Å². The summed E-state index contributed by atoms with van der Waals surface area (Å²) < 4.78 is 5.51. The molecule has 0 unspecified atom stereocenters. The van der Waals surface area contributed by atoms with Crippen molar-refractivity contribution in [3.63, 3.8) is 0 Å². The zero-order valence-electron chi connectivity index (χ0n) is 16.2. The predicted molar refractivity (Wildman–Crippen MR) is 102 cm³/mol. The van der Waals surface area contributed by atoms with Gasteiger partial charge in [-0.3, -0.25) is 0 Å². The van der Waals surface area contributed by atoms with Gasteiger partial charge in [-0.25, -0.2) is 9.59 Å². The van der Waals surface area contributed by atoms with Gasteiger partial charge >= 0.3 is 12.1 Å². The summed E-state index contributed by atoms with van der Waals surface area (Å²) in [5, 5.41) is 9.52. The minimum atomic E-state index is -0.926. The fourth-order valence-electron chi connectivity index (χ4n) is 3.26. The number of hydrogen-bond donors (Lipinski definition) is 1. The zero-order valence-corrected chi connectivity index (χ0v) is 16.2. The third-order valence-electron chi connectivity index (χ3n) is 4.47. The highest BCUT2D eigenvalue weighted by molar-refractivity contribution is 5.94. The highest BCUT2D eigenvalue weighted by atomic mass is 16.6. The van der Waals surface area contributed by atoms with Crippen LogP contribution in [0.3, 0.4) is 0 Å². The number of carboxylic acids is 1. The molecule has 1 N–H and O–H groups in total. The van der Waals surface area contributed by atoms with Gasteiger partial charge in [0.2, 0.25) is 0 Å². The molecule has 2 rings (SSSR count). The smallest absolute Gasteiger partial charge is 0.410 e. The Morgan fingerprint density at radius 3 is 2.54 bits per heavy atom. The second-order valence-corrected chi connectivity index (χ2v) is 7.74. The molecule has 0 bridgehead atoms. The van der Waals surface area contributed by atoms with Crippen LogP contribution in [0.2, 0.25) is 0 Å². The first-order valence-electron chi connectivity index (χ1n) is 9.30. The van der Waals surface area contributed by atoms with Crippen molar-refractivity contribution < 1.29 is 19.4 Å². The number of carboxylic acid groups (broad SMARTS) is 1. The number of hydrogen-bond acceptors (Lipinski definition) is 4. The molecule has 1 fully saturated rings. The Hall–Kier alpha value is -2.24. The van der Waals surface area contributed by atoms with Crippen molar-refractivity contribution >= 4 is 17.7 Å². The molecule has 1 atom stereocenters. The lowest BCUT2D eigenvalue weighted by atomic mass is 10.0. The van der Waals surface area contributed by atoms with Gasteiger partial charge in [-0.1, -0.05) is 31.9 Å². The van der Waals surface area contributed by atoms with Crippen LogP contribution in [0.1, 0.15) is 57.3 Å². The molecule has 0 aliphatic carbocycles. The summed E-state index contributed by atoms with van der Waals surface area (Å²) >= 11 is 0. The molecule has 0 aromatic heterocycles. The van der Waals surface area contributed by atoms with Gasteiger partial charge in [-0.15, -0.1) is 0 Å². The number of rotatable bonds is 5. The molecule has 6 heteroatoms. The van der Waals surface area contributed by atoms with E-state index in [1.807, 2.05) is 32.9 Å². The molecule has 0 radical (unpaired) electrons. The highest BCUT2D eigenvalue weighted by Crippen LogP contribution is 2.28. The topological polar surface area (TPSA) is 70.1 Å². The number of nitrogens with zero attached hydrogens (tertiary/aromatic N) is 2. The SMILES string of the molecule is CCCC[C@@H]1CN(C(=O)OC(C)(C)C)CCN1c1ccccc1C(=O)O. The summed E-state index contributed by atoms with van der Waals surface area (Å²) in [6.07, 6.45) is 2.69. The first kappa shape index (κ1) is 20.1. The maximum absolute atomic E-state index is 12.4. The van der Waals surface area contributed by atoms with Gasteiger partial charge in [0.25, 0.3) is 0 Å². The Morgan fingerprint density at radius 2 is 1.92 bits per heavy atom. The second-order valence-electron chi connectivity index (χ2n) is 7.74. The average molecular weight is 362 g/mol. The van der Waals surface area contributed by atoms with E-state index in [4.69, 9.17) is 4.74 Å². The number of aromatic carboxylic acids is 1. The van der Waals surface area contributed by atoms with E-state index < -0.39 is 11.6 Å². The molecule has 1 aliphatic rings. The molecule has 0 saturated carbocycles. The number of amides is 1. The quantitative estimate of drug-likeness (QED) is 0.857. The standard InChI is InChI=1S/C20H30N2O4/c1-5-6-9-15-14-21(19(25)26-20(2,3)4)12-13-22(15)17-11-8-7-10-16(17)18(23)24/h7-8,10-11,15H,5-6,9,12-14H2,1-4H3,(H,23,24)/t15-/m1/s1. The van der Waals surface area contributed by atoms with Crippen LogP contribution in [-0.4, -0.2) is 53.3 Å². The molecule has 144 valence electrons. The molecule has 1 aromatic carbocycles. The Bertz CT molecular complexity index is 639. The molecule has 26 heavy (non-hydrogen) atoms. The lowest BCUT2D eigenvalue weighted by Crippen LogP contribution is -2.56. The molecule has 6 nitrogen and oxygen atoms in total. The Morgan fingerprint density at radius 1 is 1.23 bits per heavy atom. The summed E-state index contributed by atoms with van der Waals surface area (Å²) in [6, 6.07) is 7.17. The molecular weight excluding hydrogens is 332 g/mol. The number of anilines is 1. The van der Waals surface area contributed by atoms with Crippen molar-refractivity contribution in [1.29, 1.82) is 0 Å². The Labute approximate surface area is 155 Å². The van der Waals surface area contributed by atoms with E-state index in [1.165, 1.54) is 0 Å². The highest BCUT2D eigenvalue weighted by Gasteiger charge is 2.33. The molecule has 1 aromatic rings. The van der Waals surface area contributed by atoms with Gasteiger partial charge in [-0.2, -0.15) is 0 Å². The Kier molecular flexibility index (Phi) is 6.51. The number of ether oxygens (including phenoxy) is 1. The number of unbranched alkanes of at least 4 members (excludes halogenated alkanes) is 1. The predicted octanol–water partition coefficient (Wildman–Crippen LogP) is 4.00. The van der Waals surface area contributed by atoms with Crippen molar-refractivity contribution in [1.82, 2.24) is 4.90 Å². The van der Waals surface area contributed by atoms with E-state index in [2.05, 4.69) is 11.8 Å². The van der Waals surface area contributed by atoms with Crippen molar-refractivity contribution in [3.05, 3.63) is 29.8 Å². The van der Waals surface area contributed by atoms with Crippen LogP contribution in [0.4, 0.5) is 10.5 Å². The summed E-state index contributed by atoms with van der Waals surface area (Å²) in [5.41, 5.74) is 0.507. The van der Waals surface area contributed by atoms with Crippen molar-refractivity contribution in [2.75, 3.05) is 24.5 Å². The van der Waals surface area contributed by atoms with Gasteiger partial charge in [0.1, 0.15) is 5.60 Å². The van der Waals surface area contributed by atoms with E-state index in [-0.39, 0.29) is 12.1 Å². The van der Waals surface area contributed by atoms with E-state index in [9.17, 15) is 14.7 Å². The molecule has 1 amide bonds. The summed E-state index contributed by atoms with van der Waals surface area (Å²) in [7, 11) is 0. The number of piperazine rings is 1. The van der Waals surface area contributed by atoms with Crippen LogP contribution in [0.5, 0.6) is 0 Å². The first-order valence-corrected chi connectivity index (χ1v) is 9.30. The number of para-hydroxylation sites is 1. The van der Waals surface area contributed by atoms with Crippen LogP contribution < -0.4 is 4.90 Å². The molecule has 1 aliphatic heterocycles. The third kappa shape index (κ3) is 5.13. The van der Waals surface area contributed by atoms with E-state index in [0.717, 1.165) is 24.9 Å². The maximum atomic E-state index is 12.4. The fraction of sp³-hybridized carbons (Fsp3) is 0.600. The van der Waals surface area contributed by atoms with E-state index in [0.29, 0.717) is 25.2 Å². The van der Waals surface area contributed by atoms with Crippen molar-refractivity contribution in [3.8, 4) is 0 Å². The van der Waals surface area contributed by atoms with Crippen LogP contribution in [0.25, 0.3) is 0 Å². The number of benzene rings is 1. The van der Waals surface area contributed by atoms with E-state index >= 15 is 0 Å². The van der Waals surface area contributed by atoms with Crippen LogP contribution >= 0.6 is 0 Å². The minimum absolute atomic E-state index is 0.0803. The van der Waals surface area contributed by atoms with Gasteiger partial charge in [0.05, 0.1) is 11.3 Å².